The average Bonchev–Trinajstić information content (AvgIpc) is 3.00. The Morgan fingerprint density at radius 1 is 1.15 bits per heavy atom. The van der Waals surface area contributed by atoms with E-state index in [0.29, 0.717) is 29.2 Å². The highest BCUT2D eigenvalue weighted by molar-refractivity contribution is 5.73. The van der Waals surface area contributed by atoms with E-state index in [0.717, 1.165) is 0 Å². The summed E-state index contributed by atoms with van der Waals surface area (Å²) in [5.41, 5.74) is -0.803. The minimum atomic E-state index is -1.21. The van der Waals surface area contributed by atoms with Crippen LogP contribution in [0.5, 0.6) is 0 Å². The summed E-state index contributed by atoms with van der Waals surface area (Å²) in [6.07, 6.45) is 6.88. The third kappa shape index (κ3) is 2.17. The molecule has 0 spiro atoms. The highest BCUT2D eigenvalue weighted by Gasteiger charge is 2.60. The Morgan fingerprint density at radius 2 is 2.04 bits per heavy atom. The molecule has 1 saturated carbocycles. The molecular formula is C17H13FN6O2. The van der Waals surface area contributed by atoms with E-state index >= 15 is 0 Å². The zero-order valence-corrected chi connectivity index (χ0v) is 13.5. The molecule has 0 bridgehead atoms. The average molecular weight is 352 g/mol. The fraction of sp³-hybridized carbons (Fsp3) is 0.235. The first-order valence-electron chi connectivity index (χ1n) is 8.12. The maximum atomic E-state index is 13.7. The van der Waals surface area contributed by atoms with E-state index < -0.39 is 16.8 Å². The van der Waals surface area contributed by atoms with Crippen molar-refractivity contribution in [3.05, 3.63) is 75.0 Å². The molecule has 1 fully saturated rings. The highest BCUT2D eigenvalue weighted by atomic mass is 19.1. The smallest absolute Gasteiger partial charge is 0.303 e. The number of nitrogens with zero attached hydrogens (tertiary/aromatic N) is 6. The molecule has 0 N–H and O–H groups in total. The van der Waals surface area contributed by atoms with Gasteiger partial charge in [0.05, 0.1) is 12.7 Å². The van der Waals surface area contributed by atoms with E-state index in [9.17, 15) is 14.0 Å². The predicted octanol–water partition coefficient (Wildman–Crippen LogP) is 0.761. The second-order valence-electron chi connectivity index (χ2n) is 6.49. The molecule has 0 amide bonds. The summed E-state index contributed by atoms with van der Waals surface area (Å²) in [5, 5.41) is 8.00. The van der Waals surface area contributed by atoms with Crippen molar-refractivity contribution in [3.63, 3.8) is 0 Å². The van der Waals surface area contributed by atoms with Crippen LogP contribution in [0.3, 0.4) is 0 Å². The van der Waals surface area contributed by atoms with Gasteiger partial charge < -0.3 is 4.57 Å². The van der Waals surface area contributed by atoms with Crippen molar-refractivity contribution >= 4 is 5.70 Å². The molecule has 0 aromatic carbocycles. The molecule has 0 saturated heterocycles. The summed E-state index contributed by atoms with van der Waals surface area (Å²) in [6.45, 7) is 0.112. The number of hydrogen-bond acceptors (Lipinski definition) is 5. The lowest BCUT2D eigenvalue weighted by atomic mass is 10.0. The summed E-state index contributed by atoms with van der Waals surface area (Å²) in [7, 11) is 0. The van der Waals surface area contributed by atoms with Gasteiger partial charge in [0.1, 0.15) is 11.4 Å². The van der Waals surface area contributed by atoms with E-state index in [-0.39, 0.29) is 13.0 Å². The van der Waals surface area contributed by atoms with Crippen LogP contribution in [0.4, 0.5) is 4.39 Å². The molecule has 2 aliphatic carbocycles. The van der Waals surface area contributed by atoms with Crippen LogP contribution in [0.15, 0.2) is 58.1 Å². The van der Waals surface area contributed by atoms with Crippen LogP contribution in [-0.4, -0.2) is 34.8 Å². The quantitative estimate of drug-likeness (QED) is 0.647. The Morgan fingerprint density at radius 3 is 2.73 bits per heavy atom. The van der Waals surface area contributed by atoms with Crippen LogP contribution in [0, 0.1) is 0 Å². The maximum absolute atomic E-state index is 13.7. The van der Waals surface area contributed by atoms with Crippen molar-refractivity contribution in [2.75, 3.05) is 0 Å². The third-order valence-corrected chi connectivity index (χ3v) is 4.78. The first kappa shape index (κ1) is 14.9. The van der Waals surface area contributed by atoms with Gasteiger partial charge in [0.2, 0.25) is 0 Å². The van der Waals surface area contributed by atoms with Crippen LogP contribution >= 0.6 is 0 Å². The Hall–Kier alpha value is -3.36. The Kier molecular flexibility index (Phi) is 2.91. The van der Waals surface area contributed by atoms with Crippen molar-refractivity contribution in [3.8, 4) is 5.82 Å². The maximum Gasteiger partial charge on any atom is 0.320 e. The van der Waals surface area contributed by atoms with Crippen LogP contribution in [0.25, 0.3) is 11.5 Å². The molecule has 0 radical (unpaired) electrons. The topological polar surface area (TPSA) is 87.6 Å². The van der Waals surface area contributed by atoms with Gasteiger partial charge in [-0.3, -0.25) is 14.2 Å². The standard InChI is InChI=1S/C17H13FN6O2/c18-17-7-12(17)13(8-17)23-6-5-22(15(25)16(23)26)9-11-10-24(21-20-11)14-3-1-2-4-19-14/h1-6,10H,7-9H2. The largest absolute Gasteiger partial charge is 0.320 e. The molecule has 0 aliphatic heterocycles. The van der Waals surface area contributed by atoms with Gasteiger partial charge in [0.15, 0.2) is 5.82 Å². The lowest BCUT2D eigenvalue weighted by Crippen LogP contribution is -2.41. The molecule has 8 nitrogen and oxygen atoms in total. The fourth-order valence-electron chi connectivity index (χ4n) is 3.25. The molecule has 1 atom stereocenters. The van der Waals surface area contributed by atoms with Gasteiger partial charge in [-0.1, -0.05) is 11.3 Å². The molecule has 3 aromatic heterocycles. The number of halogens is 1. The van der Waals surface area contributed by atoms with E-state index in [1.807, 2.05) is 6.07 Å². The number of aromatic nitrogens is 6. The minimum absolute atomic E-state index is 0.112. The minimum Gasteiger partial charge on any atom is -0.303 e. The molecule has 1 unspecified atom stereocenters. The van der Waals surface area contributed by atoms with Crippen LogP contribution in [0.1, 0.15) is 18.5 Å². The molecular weight excluding hydrogens is 339 g/mol. The van der Waals surface area contributed by atoms with Crippen molar-refractivity contribution < 1.29 is 4.39 Å². The predicted molar refractivity (Wildman–Crippen MR) is 89.5 cm³/mol. The van der Waals surface area contributed by atoms with E-state index in [1.165, 1.54) is 26.2 Å². The Balaban J connectivity index is 1.44. The van der Waals surface area contributed by atoms with E-state index in [4.69, 9.17) is 0 Å². The summed E-state index contributed by atoms with van der Waals surface area (Å²) in [5.74, 6) is 0.603. The number of fused-ring (bicyclic) bond motifs is 1. The van der Waals surface area contributed by atoms with Crippen LogP contribution < -0.4 is 11.1 Å². The number of hydrogen-bond donors (Lipinski definition) is 0. The second-order valence-corrected chi connectivity index (χ2v) is 6.49. The molecule has 3 heterocycles. The van der Waals surface area contributed by atoms with Crippen molar-refractivity contribution in [1.29, 1.82) is 0 Å². The molecule has 5 rings (SSSR count). The monoisotopic (exact) mass is 352 g/mol. The van der Waals surface area contributed by atoms with E-state index in [1.54, 1.807) is 24.5 Å². The fourth-order valence-corrected chi connectivity index (χ4v) is 3.25. The van der Waals surface area contributed by atoms with Crippen molar-refractivity contribution in [2.24, 2.45) is 0 Å². The van der Waals surface area contributed by atoms with Gasteiger partial charge in [0.25, 0.3) is 0 Å². The molecule has 2 aliphatic rings. The third-order valence-electron chi connectivity index (χ3n) is 4.78. The zero-order chi connectivity index (χ0) is 17.9. The van der Waals surface area contributed by atoms with Crippen LogP contribution in [-0.2, 0) is 6.54 Å². The first-order chi connectivity index (χ1) is 12.5. The summed E-state index contributed by atoms with van der Waals surface area (Å²) in [6, 6.07) is 5.40. The first-order valence-corrected chi connectivity index (χ1v) is 8.12. The van der Waals surface area contributed by atoms with Gasteiger partial charge in [0, 0.05) is 37.1 Å². The van der Waals surface area contributed by atoms with Crippen molar-refractivity contribution in [1.82, 2.24) is 29.1 Å². The summed E-state index contributed by atoms with van der Waals surface area (Å²) in [4.78, 5) is 28.9. The number of allylic oxidation sites excluding steroid dienone is 2. The van der Waals surface area contributed by atoms with Gasteiger partial charge in [-0.25, -0.2) is 14.1 Å². The van der Waals surface area contributed by atoms with Gasteiger partial charge in [-0.15, -0.1) is 5.10 Å². The summed E-state index contributed by atoms with van der Waals surface area (Å²) < 4.78 is 17.7. The van der Waals surface area contributed by atoms with Crippen LogP contribution in [0.2, 0.25) is 0 Å². The Labute approximate surface area is 145 Å². The lowest BCUT2D eigenvalue weighted by Gasteiger charge is -2.20. The van der Waals surface area contributed by atoms with E-state index in [2.05, 4.69) is 15.3 Å². The van der Waals surface area contributed by atoms with Crippen molar-refractivity contribution in [2.45, 2.75) is 25.1 Å². The lowest BCUT2D eigenvalue weighted by molar-refractivity contribution is 0.315. The molecule has 3 aromatic rings. The second kappa shape index (κ2) is 5.07. The SMILES string of the molecule is O=c1c(=O)n(C2=C3CC3(F)C2)ccn1Cc1cn(-c2ccccn2)nn1. The van der Waals surface area contributed by atoms with Gasteiger partial charge in [-0.05, 0) is 17.7 Å². The Bertz CT molecular complexity index is 1180. The molecule has 9 heteroatoms. The zero-order valence-electron chi connectivity index (χ0n) is 13.5. The number of alkyl halides is 1. The number of pyridine rings is 1. The van der Waals surface area contributed by atoms with Gasteiger partial charge in [-0.2, -0.15) is 0 Å². The molecule has 26 heavy (non-hydrogen) atoms. The van der Waals surface area contributed by atoms with Gasteiger partial charge >= 0.3 is 11.1 Å². The summed E-state index contributed by atoms with van der Waals surface area (Å²) >= 11 is 0. The molecule has 130 valence electrons. The highest BCUT2D eigenvalue weighted by Crippen LogP contribution is 2.62. The number of rotatable bonds is 4. The normalized spacial score (nSPS) is 20.7.